The van der Waals surface area contributed by atoms with Crippen LogP contribution in [0.3, 0.4) is 0 Å². The first-order valence-corrected chi connectivity index (χ1v) is 7.78. The Morgan fingerprint density at radius 2 is 2.26 bits per heavy atom. The highest BCUT2D eigenvalue weighted by atomic mass is 16.3. The second-order valence-corrected chi connectivity index (χ2v) is 5.87. The van der Waals surface area contributed by atoms with Gasteiger partial charge >= 0.3 is 0 Å². The molecule has 2 atom stereocenters. The maximum absolute atomic E-state index is 11.9. The molecular formula is C15H30N2O2. The topological polar surface area (TPSA) is 52.6 Å². The molecule has 1 saturated heterocycles. The highest BCUT2D eigenvalue weighted by molar-refractivity contribution is 5.78. The van der Waals surface area contributed by atoms with Crippen molar-refractivity contribution in [3.05, 3.63) is 0 Å². The van der Waals surface area contributed by atoms with Crippen molar-refractivity contribution in [2.75, 3.05) is 26.2 Å². The first-order valence-electron chi connectivity index (χ1n) is 7.78. The predicted molar refractivity (Wildman–Crippen MR) is 78.0 cm³/mol. The third-order valence-corrected chi connectivity index (χ3v) is 3.92. The third-order valence-electron chi connectivity index (χ3n) is 3.92. The fourth-order valence-corrected chi connectivity index (χ4v) is 2.77. The van der Waals surface area contributed by atoms with Gasteiger partial charge in [0.25, 0.3) is 0 Å². The summed E-state index contributed by atoms with van der Waals surface area (Å²) in [6, 6.07) is 0.287. The van der Waals surface area contributed by atoms with Crippen LogP contribution in [0.4, 0.5) is 0 Å². The zero-order valence-corrected chi connectivity index (χ0v) is 12.5. The van der Waals surface area contributed by atoms with E-state index in [-0.39, 0.29) is 18.6 Å². The molecule has 112 valence electrons. The highest BCUT2D eigenvalue weighted by Gasteiger charge is 2.23. The summed E-state index contributed by atoms with van der Waals surface area (Å²) in [7, 11) is 0. The Morgan fingerprint density at radius 3 is 2.95 bits per heavy atom. The summed E-state index contributed by atoms with van der Waals surface area (Å²) < 4.78 is 0. The van der Waals surface area contributed by atoms with Gasteiger partial charge in [-0.05, 0) is 38.6 Å². The molecule has 0 aromatic carbocycles. The first kappa shape index (κ1) is 16.4. The van der Waals surface area contributed by atoms with Crippen LogP contribution in [0.1, 0.15) is 52.4 Å². The van der Waals surface area contributed by atoms with Crippen LogP contribution in [-0.2, 0) is 4.79 Å². The van der Waals surface area contributed by atoms with Gasteiger partial charge in [0.2, 0.25) is 5.91 Å². The molecule has 1 aliphatic heterocycles. The van der Waals surface area contributed by atoms with Crippen molar-refractivity contribution in [3.8, 4) is 0 Å². The van der Waals surface area contributed by atoms with E-state index in [9.17, 15) is 4.79 Å². The number of nitrogens with one attached hydrogen (secondary N) is 1. The molecule has 0 saturated carbocycles. The predicted octanol–water partition coefficient (Wildman–Crippen LogP) is 1.78. The minimum absolute atomic E-state index is 0.147. The Balaban J connectivity index is 2.13. The van der Waals surface area contributed by atoms with Crippen LogP contribution in [0.2, 0.25) is 0 Å². The summed E-state index contributed by atoms with van der Waals surface area (Å²) in [5.74, 6) is 0.716. The van der Waals surface area contributed by atoms with Gasteiger partial charge in [-0.15, -0.1) is 0 Å². The van der Waals surface area contributed by atoms with Crippen LogP contribution in [0.15, 0.2) is 0 Å². The summed E-state index contributed by atoms with van der Waals surface area (Å²) in [6.45, 7) is 7.01. The molecule has 0 aromatic rings. The molecule has 2 unspecified atom stereocenters. The van der Waals surface area contributed by atoms with Gasteiger partial charge in [0, 0.05) is 19.2 Å². The van der Waals surface area contributed by atoms with Crippen molar-refractivity contribution in [1.82, 2.24) is 10.2 Å². The molecule has 1 aliphatic rings. The molecule has 0 aromatic heterocycles. The number of hydrogen-bond donors (Lipinski definition) is 2. The van der Waals surface area contributed by atoms with Gasteiger partial charge in [-0.3, -0.25) is 9.69 Å². The summed E-state index contributed by atoms with van der Waals surface area (Å²) in [6.07, 6.45) is 6.72. The average molecular weight is 270 g/mol. The Kier molecular flexibility index (Phi) is 8.07. The van der Waals surface area contributed by atoms with Crippen LogP contribution in [-0.4, -0.2) is 48.2 Å². The fourth-order valence-electron chi connectivity index (χ4n) is 2.77. The van der Waals surface area contributed by atoms with Crippen LogP contribution in [0, 0.1) is 5.92 Å². The van der Waals surface area contributed by atoms with Gasteiger partial charge < -0.3 is 10.4 Å². The molecule has 0 radical (unpaired) electrons. The summed E-state index contributed by atoms with van der Waals surface area (Å²) in [5, 5.41) is 12.0. The monoisotopic (exact) mass is 270 g/mol. The zero-order valence-electron chi connectivity index (χ0n) is 12.5. The number of rotatable bonds is 9. The number of carbonyl (C=O) groups is 1. The lowest BCUT2D eigenvalue weighted by Crippen LogP contribution is -2.40. The van der Waals surface area contributed by atoms with Crippen molar-refractivity contribution in [2.45, 2.75) is 58.4 Å². The molecule has 0 spiro atoms. The fraction of sp³-hybridized carbons (Fsp3) is 0.933. The second kappa shape index (κ2) is 9.32. The lowest BCUT2D eigenvalue weighted by molar-refractivity contribution is -0.122. The first-order chi connectivity index (χ1) is 9.15. The van der Waals surface area contributed by atoms with E-state index in [1.54, 1.807) is 0 Å². The van der Waals surface area contributed by atoms with Crippen LogP contribution >= 0.6 is 0 Å². The quantitative estimate of drug-likeness (QED) is 0.628. The summed E-state index contributed by atoms with van der Waals surface area (Å²) >= 11 is 0. The molecule has 1 amide bonds. The number of amides is 1. The van der Waals surface area contributed by atoms with Crippen molar-refractivity contribution in [1.29, 1.82) is 0 Å². The van der Waals surface area contributed by atoms with E-state index in [0.717, 1.165) is 32.4 Å². The van der Waals surface area contributed by atoms with Crippen molar-refractivity contribution >= 4 is 5.91 Å². The number of hydrogen-bond acceptors (Lipinski definition) is 3. The Hall–Kier alpha value is -0.610. The average Bonchev–Trinajstić information content (AvgIpc) is 2.77. The van der Waals surface area contributed by atoms with E-state index in [1.807, 2.05) is 0 Å². The second-order valence-electron chi connectivity index (χ2n) is 5.87. The van der Waals surface area contributed by atoms with E-state index in [0.29, 0.717) is 12.5 Å². The number of carbonyl (C=O) groups excluding carboxylic acids is 1. The third kappa shape index (κ3) is 6.92. The number of unbranched alkanes of at least 4 members (excludes halogenated alkanes) is 2. The molecule has 1 heterocycles. The molecule has 2 N–H and O–H groups in total. The Labute approximate surface area is 117 Å². The number of aliphatic hydroxyl groups excluding tert-OH is 1. The van der Waals surface area contributed by atoms with Gasteiger partial charge in [-0.1, -0.05) is 26.2 Å². The molecule has 1 fully saturated rings. The SMILES string of the molecule is CCCCCC(C)NC(=O)CN1CCC(CCO)C1. The van der Waals surface area contributed by atoms with E-state index >= 15 is 0 Å². The molecule has 1 rings (SSSR count). The van der Waals surface area contributed by atoms with Crippen molar-refractivity contribution in [2.24, 2.45) is 5.92 Å². The minimum Gasteiger partial charge on any atom is -0.396 e. The Morgan fingerprint density at radius 1 is 1.47 bits per heavy atom. The largest absolute Gasteiger partial charge is 0.396 e. The molecule has 0 bridgehead atoms. The zero-order chi connectivity index (χ0) is 14.1. The normalized spacial score (nSPS) is 21.5. The molecule has 4 nitrogen and oxygen atoms in total. The van der Waals surface area contributed by atoms with E-state index in [1.165, 1.54) is 19.3 Å². The lowest BCUT2D eigenvalue weighted by atomic mass is 10.1. The lowest BCUT2D eigenvalue weighted by Gasteiger charge is -2.18. The maximum atomic E-state index is 11.9. The standard InChI is InChI=1S/C15H30N2O2/c1-3-4-5-6-13(2)16-15(19)12-17-9-7-14(11-17)8-10-18/h13-14,18H,3-12H2,1-2H3,(H,16,19). The van der Waals surface area contributed by atoms with Gasteiger partial charge in [0.15, 0.2) is 0 Å². The van der Waals surface area contributed by atoms with Gasteiger partial charge in [0.1, 0.15) is 0 Å². The van der Waals surface area contributed by atoms with Crippen LogP contribution in [0.25, 0.3) is 0 Å². The molecular weight excluding hydrogens is 240 g/mol. The molecule has 0 aliphatic carbocycles. The maximum Gasteiger partial charge on any atom is 0.234 e. The van der Waals surface area contributed by atoms with Crippen LogP contribution in [0.5, 0.6) is 0 Å². The summed E-state index contributed by atoms with van der Waals surface area (Å²) in [5.41, 5.74) is 0. The van der Waals surface area contributed by atoms with E-state index in [2.05, 4.69) is 24.1 Å². The number of aliphatic hydroxyl groups is 1. The molecule has 19 heavy (non-hydrogen) atoms. The van der Waals surface area contributed by atoms with E-state index in [4.69, 9.17) is 5.11 Å². The number of nitrogens with zero attached hydrogens (tertiary/aromatic N) is 1. The smallest absolute Gasteiger partial charge is 0.234 e. The number of likely N-dealkylation sites (tertiary alicyclic amines) is 1. The Bertz CT molecular complexity index is 259. The van der Waals surface area contributed by atoms with Crippen LogP contribution < -0.4 is 5.32 Å². The highest BCUT2D eigenvalue weighted by Crippen LogP contribution is 2.18. The van der Waals surface area contributed by atoms with Gasteiger partial charge in [0.05, 0.1) is 6.54 Å². The minimum atomic E-state index is 0.147. The van der Waals surface area contributed by atoms with Crippen molar-refractivity contribution in [3.63, 3.8) is 0 Å². The van der Waals surface area contributed by atoms with E-state index < -0.39 is 0 Å². The van der Waals surface area contributed by atoms with Crippen molar-refractivity contribution < 1.29 is 9.90 Å². The molecule has 4 heteroatoms. The van der Waals surface area contributed by atoms with Gasteiger partial charge in [-0.25, -0.2) is 0 Å². The van der Waals surface area contributed by atoms with Gasteiger partial charge in [-0.2, -0.15) is 0 Å². The summed E-state index contributed by atoms with van der Waals surface area (Å²) in [4.78, 5) is 14.1.